The van der Waals surface area contributed by atoms with Crippen LogP contribution >= 0.6 is 0 Å². The van der Waals surface area contributed by atoms with Gasteiger partial charge < -0.3 is 15.7 Å². The van der Waals surface area contributed by atoms with Gasteiger partial charge in [-0.05, 0) is 32.0 Å². The molecule has 0 spiro atoms. The number of aromatic nitrogens is 1. The summed E-state index contributed by atoms with van der Waals surface area (Å²) in [5.41, 5.74) is 6.67. The van der Waals surface area contributed by atoms with Crippen LogP contribution in [0, 0.1) is 0 Å². The first kappa shape index (κ1) is 15.9. The van der Waals surface area contributed by atoms with Crippen molar-refractivity contribution in [3.63, 3.8) is 0 Å². The van der Waals surface area contributed by atoms with Gasteiger partial charge in [-0.1, -0.05) is 19.9 Å². The Hall–Kier alpha value is -1.13. The molecule has 0 radical (unpaired) electrons. The Morgan fingerprint density at radius 1 is 1.41 bits per heavy atom. The third-order valence-electron chi connectivity index (χ3n) is 2.62. The summed E-state index contributed by atoms with van der Waals surface area (Å²) in [6.45, 7) is 7.10. The van der Waals surface area contributed by atoms with E-state index in [1.807, 2.05) is 40.0 Å². The van der Waals surface area contributed by atoms with E-state index in [1.165, 1.54) is 5.56 Å². The van der Waals surface area contributed by atoms with Gasteiger partial charge in [0, 0.05) is 18.8 Å². The van der Waals surface area contributed by atoms with E-state index in [4.69, 9.17) is 10.8 Å². The topological polar surface area (TPSA) is 62.4 Å². The maximum Gasteiger partial charge on any atom is 0.123 e. The van der Waals surface area contributed by atoms with Gasteiger partial charge in [-0.2, -0.15) is 0 Å². The summed E-state index contributed by atoms with van der Waals surface area (Å²) in [7, 11) is 2.01. The number of hydrogen-bond donors (Lipinski definition) is 2. The van der Waals surface area contributed by atoms with Crippen LogP contribution in [-0.4, -0.2) is 41.2 Å². The maximum absolute atomic E-state index is 8.97. The van der Waals surface area contributed by atoms with Gasteiger partial charge in [0.2, 0.25) is 0 Å². The van der Waals surface area contributed by atoms with Crippen molar-refractivity contribution in [2.24, 2.45) is 0 Å². The van der Waals surface area contributed by atoms with Crippen molar-refractivity contribution in [1.82, 2.24) is 9.88 Å². The van der Waals surface area contributed by atoms with Crippen LogP contribution in [0.15, 0.2) is 18.3 Å². The molecule has 17 heavy (non-hydrogen) atoms. The highest BCUT2D eigenvalue weighted by Gasteiger charge is 2.07. The Morgan fingerprint density at radius 3 is 2.53 bits per heavy atom. The molecule has 0 saturated carbocycles. The zero-order valence-electron chi connectivity index (χ0n) is 11.3. The molecular weight excluding hydrogens is 214 g/mol. The summed E-state index contributed by atoms with van der Waals surface area (Å²) in [4.78, 5) is 6.15. The fourth-order valence-corrected chi connectivity index (χ4v) is 1.25. The summed E-state index contributed by atoms with van der Waals surface area (Å²) in [5.74, 6) is 0.552. The molecule has 0 aliphatic rings. The van der Waals surface area contributed by atoms with Crippen LogP contribution in [0.1, 0.15) is 26.3 Å². The molecule has 0 bridgehead atoms. The van der Waals surface area contributed by atoms with Crippen LogP contribution in [0.25, 0.3) is 0 Å². The summed E-state index contributed by atoms with van der Waals surface area (Å²) < 4.78 is 0. The quantitative estimate of drug-likeness (QED) is 0.818. The molecule has 4 heteroatoms. The second-order valence-electron chi connectivity index (χ2n) is 3.85. The van der Waals surface area contributed by atoms with E-state index in [9.17, 15) is 0 Å². The highest BCUT2D eigenvalue weighted by molar-refractivity contribution is 5.29. The van der Waals surface area contributed by atoms with E-state index in [1.54, 1.807) is 6.20 Å². The van der Waals surface area contributed by atoms with Crippen LogP contribution in [0.4, 0.5) is 5.82 Å². The maximum atomic E-state index is 8.97. The Balaban J connectivity index is 0.00000121. The molecular formula is C13H25N3O. The first-order valence-corrected chi connectivity index (χ1v) is 6.15. The number of rotatable bonds is 5. The Kier molecular flexibility index (Phi) is 8.36. The van der Waals surface area contributed by atoms with Gasteiger partial charge in [-0.3, -0.25) is 0 Å². The SMILES string of the molecule is CC.C[C@@H](CO)N(C)CCc1ccc(N)nc1. The molecule has 1 atom stereocenters. The van der Waals surface area contributed by atoms with Gasteiger partial charge in [-0.25, -0.2) is 4.98 Å². The number of nitrogens with two attached hydrogens (primary N) is 1. The van der Waals surface area contributed by atoms with E-state index in [0.29, 0.717) is 5.82 Å². The number of hydrogen-bond acceptors (Lipinski definition) is 4. The first-order chi connectivity index (χ1) is 8.13. The fourth-order valence-electron chi connectivity index (χ4n) is 1.25. The monoisotopic (exact) mass is 239 g/mol. The minimum Gasteiger partial charge on any atom is -0.395 e. The van der Waals surface area contributed by atoms with Crippen molar-refractivity contribution in [2.75, 3.05) is 25.9 Å². The molecule has 1 aromatic rings. The average molecular weight is 239 g/mol. The smallest absolute Gasteiger partial charge is 0.123 e. The van der Waals surface area contributed by atoms with Crippen LogP contribution < -0.4 is 5.73 Å². The Morgan fingerprint density at radius 2 is 2.06 bits per heavy atom. The van der Waals surface area contributed by atoms with Crippen molar-refractivity contribution in [3.8, 4) is 0 Å². The van der Waals surface area contributed by atoms with Gasteiger partial charge in [-0.15, -0.1) is 0 Å². The minimum atomic E-state index is 0.191. The van der Waals surface area contributed by atoms with Gasteiger partial charge in [0.1, 0.15) is 5.82 Å². The number of likely N-dealkylation sites (N-methyl/N-ethyl adjacent to an activating group) is 1. The van der Waals surface area contributed by atoms with Crippen molar-refractivity contribution < 1.29 is 5.11 Å². The predicted octanol–water partition coefficient (Wildman–Crippen LogP) is 1.55. The molecule has 0 aromatic carbocycles. The van der Waals surface area contributed by atoms with Crippen molar-refractivity contribution in [3.05, 3.63) is 23.9 Å². The number of aliphatic hydroxyl groups excluding tert-OH is 1. The second kappa shape index (κ2) is 8.96. The molecule has 3 N–H and O–H groups in total. The molecule has 0 aliphatic heterocycles. The molecule has 0 fully saturated rings. The first-order valence-electron chi connectivity index (χ1n) is 6.15. The third kappa shape index (κ3) is 6.24. The number of aliphatic hydroxyl groups is 1. The normalized spacial score (nSPS) is 11.9. The van der Waals surface area contributed by atoms with E-state index < -0.39 is 0 Å². The lowest BCUT2D eigenvalue weighted by atomic mass is 10.2. The summed E-state index contributed by atoms with van der Waals surface area (Å²) >= 11 is 0. The van der Waals surface area contributed by atoms with E-state index in [-0.39, 0.29) is 12.6 Å². The largest absolute Gasteiger partial charge is 0.395 e. The van der Waals surface area contributed by atoms with Crippen molar-refractivity contribution >= 4 is 5.82 Å². The average Bonchev–Trinajstić information content (AvgIpc) is 2.39. The van der Waals surface area contributed by atoms with Gasteiger partial charge in [0.25, 0.3) is 0 Å². The van der Waals surface area contributed by atoms with Gasteiger partial charge >= 0.3 is 0 Å². The Labute approximate surface area is 104 Å². The minimum absolute atomic E-state index is 0.191. The fraction of sp³-hybridized carbons (Fsp3) is 0.615. The molecule has 0 unspecified atom stereocenters. The lowest BCUT2D eigenvalue weighted by Crippen LogP contribution is -2.33. The summed E-state index contributed by atoms with van der Waals surface area (Å²) in [6, 6.07) is 4.00. The number of anilines is 1. The number of pyridine rings is 1. The highest BCUT2D eigenvalue weighted by Crippen LogP contribution is 2.04. The highest BCUT2D eigenvalue weighted by atomic mass is 16.3. The predicted molar refractivity (Wildman–Crippen MR) is 72.9 cm³/mol. The molecule has 4 nitrogen and oxygen atoms in total. The van der Waals surface area contributed by atoms with Crippen molar-refractivity contribution in [1.29, 1.82) is 0 Å². The molecule has 98 valence electrons. The molecule has 1 aromatic heterocycles. The Bertz CT molecular complexity index is 287. The van der Waals surface area contributed by atoms with Gasteiger partial charge in [0.05, 0.1) is 6.61 Å². The second-order valence-corrected chi connectivity index (χ2v) is 3.85. The molecule has 0 aliphatic carbocycles. The number of nitrogen functional groups attached to an aromatic ring is 1. The summed E-state index contributed by atoms with van der Waals surface area (Å²) in [5, 5.41) is 8.97. The summed E-state index contributed by atoms with van der Waals surface area (Å²) in [6.07, 6.45) is 2.72. The van der Waals surface area contributed by atoms with Gasteiger partial charge in [0.15, 0.2) is 0 Å². The van der Waals surface area contributed by atoms with Crippen molar-refractivity contribution in [2.45, 2.75) is 33.2 Å². The van der Waals surface area contributed by atoms with Crippen LogP contribution in [0.3, 0.4) is 0 Å². The third-order valence-corrected chi connectivity index (χ3v) is 2.62. The van der Waals surface area contributed by atoms with E-state index in [0.717, 1.165) is 13.0 Å². The van der Waals surface area contributed by atoms with Crippen LogP contribution in [0.5, 0.6) is 0 Å². The lowest BCUT2D eigenvalue weighted by molar-refractivity contribution is 0.160. The zero-order valence-corrected chi connectivity index (χ0v) is 11.3. The van der Waals surface area contributed by atoms with E-state index in [2.05, 4.69) is 9.88 Å². The van der Waals surface area contributed by atoms with Crippen LogP contribution in [0.2, 0.25) is 0 Å². The molecule has 1 heterocycles. The molecule has 0 saturated heterocycles. The number of nitrogens with zero attached hydrogens (tertiary/aromatic N) is 2. The van der Waals surface area contributed by atoms with Crippen LogP contribution in [-0.2, 0) is 6.42 Å². The zero-order chi connectivity index (χ0) is 13.3. The van der Waals surface area contributed by atoms with E-state index >= 15 is 0 Å². The lowest BCUT2D eigenvalue weighted by Gasteiger charge is -2.22. The molecule has 1 rings (SSSR count). The standard InChI is InChI=1S/C11H19N3O.C2H6/c1-9(8-15)14(2)6-5-10-3-4-11(12)13-7-10;1-2/h3-4,7,9,15H,5-6,8H2,1-2H3,(H2,12,13);1-2H3/t9-;/m0./s1. The molecule has 0 amide bonds.